The van der Waals surface area contributed by atoms with Gasteiger partial charge in [0, 0.05) is 19.4 Å². The van der Waals surface area contributed by atoms with Crippen molar-refractivity contribution in [1.29, 1.82) is 0 Å². The summed E-state index contributed by atoms with van der Waals surface area (Å²) >= 11 is 0. The molecule has 1 aliphatic heterocycles. The number of aromatic hydroxyl groups is 1. The van der Waals surface area contributed by atoms with E-state index in [0.717, 1.165) is 0 Å². The third-order valence-electron chi connectivity index (χ3n) is 5.33. The molecular weight excluding hydrogens is 416 g/mol. The van der Waals surface area contributed by atoms with Gasteiger partial charge in [-0.15, -0.1) is 0 Å². The summed E-state index contributed by atoms with van der Waals surface area (Å²) in [7, 11) is 2.92. The van der Waals surface area contributed by atoms with Gasteiger partial charge in [0.25, 0.3) is 5.91 Å². The van der Waals surface area contributed by atoms with Gasteiger partial charge in [-0.2, -0.15) is 0 Å². The maximum atomic E-state index is 12.8. The Morgan fingerprint density at radius 1 is 1.19 bits per heavy atom. The molecule has 1 amide bonds. The minimum atomic E-state index is -0.912. The van der Waals surface area contributed by atoms with Crippen molar-refractivity contribution in [2.45, 2.75) is 50.5 Å². The zero-order chi connectivity index (χ0) is 23.1. The third-order valence-corrected chi connectivity index (χ3v) is 5.33. The van der Waals surface area contributed by atoms with Gasteiger partial charge >= 0.3 is 5.97 Å². The van der Waals surface area contributed by atoms with E-state index in [9.17, 15) is 14.7 Å². The Balaban J connectivity index is 1.74. The predicted molar refractivity (Wildman–Crippen MR) is 115 cm³/mol. The molecule has 1 aromatic heterocycles. The molecule has 0 radical (unpaired) electrons. The molecule has 1 aromatic carbocycles. The second-order valence-electron chi connectivity index (χ2n) is 7.48. The molecule has 4 atom stereocenters. The second kappa shape index (κ2) is 10.8. The number of methoxy groups -OCH3 is 2. The zero-order valence-corrected chi connectivity index (χ0v) is 18.3. The van der Waals surface area contributed by atoms with Crippen LogP contribution < -0.4 is 14.8 Å². The lowest BCUT2D eigenvalue weighted by Gasteiger charge is -2.30. The molecule has 2 N–H and O–H groups in total. The standard InChI is InChI=1S/C23H28N2O7/c1-14-21(30-3)18(32-15-8-5-4-6-9-15)11-7-10-16(23(28)31-14)25-22(27)19-20(26)17(29-2)12-13-24-19/h4-6,8-9,12-14,16,18,21,26H,7,10-11H2,1-3H3,(H,25,27)/t14-,16-,18-,21-/m0/s1. The van der Waals surface area contributed by atoms with Gasteiger partial charge in [0.05, 0.1) is 7.11 Å². The smallest absolute Gasteiger partial charge is 0.329 e. The lowest BCUT2D eigenvalue weighted by atomic mass is 10.0. The van der Waals surface area contributed by atoms with Gasteiger partial charge in [-0.1, -0.05) is 18.2 Å². The summed E-state index contributed by atoms with van der Waals surface area (Å²) in [5.41, 5.74) is -0.231. The van der Waals surface area contributed by atoms with Crippen LogP contribution in [-0.2, 0) is 14.3 Å². The van der Waals surface area contributed by atoms with Crippen molar-refractivity contribution in [3.63, 3.8) is 0 Å². The summed E-state index contributed by atoms with van der Waals surface area (Å²) < 4.78 is 22.3. The number of cyclic esters (lactones) is 1. The number of aromatic nitrogens is 1. The number of amides is 1. The Bertz CT molecular complexity index is 922. The van der Waals surface area contributed by atoms with Gasteiger partial charge in [-0.25, -0.2) is 9.78 Å². The topological polar surface area (TPSA) is 116 Å². The number of carbonyl (C=O) groups is 2. The molecule has 3 rings (SSSR count). The number of nitrogens with zero attached hydrogens (tertiary/aromatic N) is 1. The fraction of sp³-hybridized carbons (Fsp3) is 0.435. The Morgan fingerprint density at radius 2 is 1.94 bits per heavy atom. The summed E-state index contributed by atoms with van der Waals surface area (Å²) in [6.07, 6.45) is 1.38. The summed E-state index contributed by atoms with van der Waals surface area (Å²) in [6.45, 7) is 1.73. The number of para-hydroxylation sites is 1. The SMILES string of the molecule is COc1ccnc(C(=O)N[C@H]2CCC[C@H](Oc3ccccc3)[C@@H](OC)[C@H](C)OC2=O)c1O. The summed E-state index contributed by atoms with van der Waals surface area (Å²) in [5.74, 6) is -0.874. The van der Waals surface area contributed by atoms with Crippen LogP contribution in [0.15, 0.2) is 42.6 Å². The molecule has 1 saturated heterocycles. The number of rotatable bonds is 6. The predicted octanol–water partition coefficient (Wildman–Crippen LogP) is 2.47. The van der Waals surface area contributed by atoms with E-state index >= 15 is 0 Å². The Hall–Kier alpha value is -3.33. The first kappa shape index (κ1) is 23.3. The molecule has 0 unspecified atom stereocenters. The average molecular weight is 444 g/mol. The summed E-state index contributed by atoms with van der Waals surface area (Å²) in [4.78, 5) is 29.4. The Kier molecular flexibility index (Phi) is 7.88. The van der Waals surface area contributed by atoms with E-state index in [2.05, 4.69) is 10.3 Å². The highest BCUT2D eigenvalue weighted by Gasteiger charge is 2.36. The molecule has 32 heavy (non-hydrogen) atoms. The number of carbonyl (C=O) groups excluding carboxylic acids is 2. The fourth-order valence-corrected chi connectivity index (χ4v) is 3.71. The first-order valence-electron chi connectivity index (χ1n) is 10.4. The molecule has 2 heterocycles. The van der Waals surface area contributed by atoms with Gasteiger partial charge in [0.15, 0.2) is 17.2 Å². The van der Waals surface area contributed by atoms with Gasteiger partial charge < -0.3 is 29.4 Å². The van der Waals surface area contributed by atoms with Gasteiger partial charge in [0.2, 0.25) is 0 Å². The molecular formula is C23H28N2O7. The third kappa shape index (κ3) is 5.47. The molecule has 1 aliphatic rings. The van der Waals surface area contributed by atoms with E-state index in [1.165, 1.54) is 19.4 Å². The number of ether oxygens (including phenoxy) is 4. The van der Waals surface area contributed by atoms with Crippen LogP contribution >= 0.6 is 0 Å². The van der Waals surface area contributed by atoms with E-state index in [-0.39, 0.29) is 17.5 Å². The first-order valence-corrected chi connectivity index (χ1v) is 10.4. The van der Waals surface area contributed by atoms with Crippen LogP contribution in [0.2, 0.25) is 0 Å². The number of esters is 1. The van der Waals surface area contributed by atoms with Crippen molar-refractivity contribution in [2.75, 3.05) is 14.2 Å². The molecule has 0 saturated carbocycles. The fourth-order valence-electron chi connectivity index (χ4n) is 3.71. The van der Waals surface area contributed by atoms with Crippen LogP contribution in [0, 0.1) is 0 Å². The van der Waals surface area contributed by atoms with E-state index in [1.54, 1.807) is 14.0 Å². The molecule has 1 fully saturated rings. The van der Waals surface area contributed by atoms with Crippen LogP contribution in [0.4, 0.5) is 0 Å². The average Bonchev–Trinajstić information content (AvgIpc) is 2.83. The van der Waals surface area contributed by atoms with E-state index in [4.69, 9.17) is 18.9 Å². The van der Waals surface area contributed by atoms with Crippen molar-refractivity contribution in [2.24, 2.45) is 0 Å². The minimum absolute atomic E-state index is 0.111. The molecule has 0 aliphatic carbocycles. The van der Waals surface area contributed by atoms with Crippen molar-refractivity contribution < 1.29 is 33.6 Å². The number of benzene rings is 1. The highest BCUT2D eigenvalue weighted by molar-refractivity contribution is 5.97. The molecule has 172 valence electrons. The van der Waals surface area contributed by atoms with E-state index in [0.29, 0.717) is 25.0 Å². The summed E-state index contributed by atoms with van der Waals surface area (Å²) in [5, 5.41) is 12.8. The minimum Gasteiger partial charge on any atom is -0.503 e. The quantitative estimate of drug-likeness (QED) is 0.653. The van der Waals surface area contributed by atoms with E-state index < -0.39 is 35.9 Å². The molecule has 0 spiro atoms. The highest BCUT2D eigenvalue weighted by Crippen LogP contribution is 2.28. The van der Waals surface area contributed by atoms with Crippen molar-refractivity contribution in [3.8, 4) is 17.2 Å². The van der Waals surface area contributed by atoms with E-state index in [1.807, 2.05) is 30.3 Å². The van der Waals surface area contributed by atoms with Crippen LogP contribution in [-0.4, -0.2) is 60.5 Å². The van der Waals surface area contributed by atoms with Crippen LogP contribution in [0.3, 0.4) is 0 Å². The van der Waals surface area contributed by atoms with Gasteiger partial charge in [0.1, 0.15) is 30.1 Å². The molecule has 0 bridgehead atoms. The number of nitrogens with one attached hydrogen (secondary N) is 1. The lowest BCUT2D eigenvalue weighted by Crippen LogP contribution is -2.46. The van der Waals surface area contributed by atoms with Crippen LogP contribution in [0.1, 0.15) is 36.7 Å². The van der Waals surface area contributed by atoms with Crippen LogP contribution in [0.25, 0.3) is 0 Å². The summed E-state index contributed by atoms with van der Waals surface area (Å²) in [6, 6.07) is 9.88. The Morgan fingerprint density at radius 3 is 2.62 bits per heavy atom. The van der Waals surface area contributed by atoms with Crippen molar-refractivity contribution in [1.82, 2.24) is 10.3 Å². The van der Waals surface area contributed by atoms with Gasteiger partial charge in [-0.05, 0) is 38.3 Å². The van der Waals surface area contributed by atoms with Gasteiger partial charge in [-0.3, -0.25) is 4.79 Å². The number of hydrogen-bond acceptors (Lipinski definition) is 8. The van der Waals surface area contributed by atoms with Crippen molar-refractivity contribution >= 4 is 11.9 Å². The monoisotopic (exact) mass is 444 g/mol. The molecule has 2 aromatic rings. The number of hydrogen-bond donors (Lipinski definition) is 2. The molecule has 9 heteroatoms. The first-order chi connectivity index (χ1) is 15.4. The highest BCUT2D eigenvalue weighted by atomic mass is 16.6. The zero-order valence-electron chi connectivity index (χ0n) is 18.3. The maximum absolute atomic E-state index is 12.8. The lowest BCUT2D eigenvalue weighted by molar-refractivity contribution is -0.160. The normalized spacial score (nSPS) is 23.8. The second-order valence-corrected chi connectivity index (χ2v) is 7.48. The largest absolute Gasteiger partial charge is 0.503 e. The Labute approximate surface area is 186 Å². The maximum Gasteiger partial charge on any atom is 0.329 e. The van der Waals surface area contributed by atoms with Crippen molar-refractivity contribution in [3.05, 3.63) is 48.3 Å². The van der Waals surface area contributed by atoms with Crippen LogP contribution in [0.5, 0.6) is 17.2 Å². The number of pyridine rings is 1. The molecule has 9 nitrogen and oxygen atoms in total.